The minimum Gasteiger partial charge on any atom is -0.462 e. The van der Waals surface area contributed by atoms with E-state index in [1.807, 2.05) is 6.92 Å². The molecule has 0 bridgehead atoms. The second kappa shape index (κ2) is 9.63. The van der Waals surface area contributed by atoms with Gasteiger partial charge < -0.3 is 10.1 Å². The minimum absolute atomic E-state index is 0.0338. The van der Waals surface area contributed by atoms with Crippen molar-refractivity contribution < 1.29 is 14.3 Å². The maximum absolute atomic E-state index is 12.7. The van der Waals surface area contributed by atoms with Crippen LogP contribution in [0, 0.1) is 17.3 Å². The number of thiophene rings is 1. The molecule has 0 aromatic carbocycles. The number of ether oxygens (including phenoxy) is 1. The van der Waals surface area contributed by atoms with Crippen molar-refractivity contribution in [1.82, 2.24) is 0 Å². The van der Waals surface area contributed by atoms with E-state index in [2.05, 4.69) is 26.1 Å². The van der Waals surface area contributed by atoms with E-state index in [0.29, 0.717) is 35.4 Å². The topological polar surface area (TPSA) is 55.4 Å². The number of rotatable bonds is 8. The van der Waals surface area contributed by atoms with E-state index in [9.17, 15) is 9.59 Å². The molecule has 0 radical (unpaired) electrons. The maximum atomic E-state index is 12.7. The third-order valence-electron chi connectivity index (χ3n) is 7.27. The number of carbonyl (C=O) groups is 2. The average Bonchev–Trinajstić information content (AvgIpc) is 3.33. The number of fused-ring (bicyclic) bond motifs is 1. The number of esters is 1. The summed E-state index contributed by atoms with van der Waals surface area (Å²) in [6, 6.07) is 0. The lowest BCUT2D eigenvalue weighted by Crippen LogP contribution is -2.28. The molecule has 1 amide bonds. The Bertz CT molecular complexity index is 731. The number of carbonyl (C=O) groups excluding carboxylic acids is 2. The SMILES string of the molecule is CCOC(=O)c1c(NC(=O)CCC2CCCC2)sc2c1CC[C@H](C(C)(C)CC)C2. The second-order valence-corrected chi connectivity index (χ2v) is 10.6. The summed E-state index contributed by atoms with van der Waals surface area (Å²) in [6.45, 7) is 9.12. The maximum Gasteiger partial charge on any atom is 0.341 e. The van der Waals surface area contributed by atoms with Gasteiger partial charge in [0.25, 0.3) is 0 Å². The lowest BCUT2D eigenvalue weighted by molar-refractivity contribution is -0.116. The van der Waals surface area contributed by atoms with Gasteiger partial charge in [-0.05, 0) is 55.4 Å². The lowest BCUT2D eigenvalue weighted by Gasteiger charge is -2.36. The Morgan fingerprint density at radius 3 is 2.55 bits per heavy atom. The molecular weight excluding hydrogens is 382 g/mol. The summed E-state index contributed by atoms with van der Waals surface area (Å²) in [6.07, 6.45) is 10.7. The van der Waals surface area contributed by atoms with Crippen molar-refractivity contribution >= 4 is 28.2 Å². The highest BCUT2D eigenvalue weighted by atomic mass is 32.1. The number of hydrogen-bond donors (Lipinski definition) is 1. The van der Waals surface area contributed by atoms with Crippen LogP contribution in [0.15, 0.2) is 0 Å². The molecule has 2 aliphatic carbocycles. The fraction of sp³-hybridized carbons (Fsp3) is 0.750. The third kappa shape index (κ3) is 5.22. The molecule has 1 N–H and O–H groups in total. The van der Waals surface area contributed by atoms with Gasteiger partial charge in [0, 0.05) is 11.3 Å². The van der Waals surface area contributed by atoms with Gasteiger partial charge in [-0.3, -0.25) is 4.79 Å². The molecule has 2 aliphatic rings. The Morgan fingerprint density at radius 1 is 1.17 bits per heavy atom. The summed E-state index contributed by atoms with van der Waals surface area (Å²) in [5.74, 6) is 1.05. The van der Waals surface area contributed by atoms with E-state index in [1.54, 1.807) is 11.3 Å². The molecule has 29 heavy (non-hydrogen) atoms. The van der Waals surface area contributed by atoms with Gasteiger partial charge in [-0.1, -0.05) is 52.9 Å². The van der Waals surface area contributed by atoms with Gasteiger partial charge >= 0.3 is 5.97 Å². The third-order valence-corrected chi connectivity index (χ3v) is 8.44. The molecule has 1 aromatic heterocycles. The number of hydrogen-bond acceptors (Lipinski definition) is 4. The Labute approximate surface area is 179 Å². The molecule has 1 heterocycles. The Hall–Kier alpha value is -1.36. The first-order chi connectivity index (χ1) is 13.9. The van der Waals surface area contributed by atoms with Crippen LogP contribution in [-0.4, -0.2) is 18.5 Å². The van der Waals surface area contributed by atoms with Crippen molar-refractivity contribution in [1.29, 1.82) is 0 Å². The van der Waals surface area contributed by atoms with Gasteiger partial charge in [-0.2, -0.15) is 0 Å². The van der Waals surface area contributed by atoms with E-state index < -0.39 is 0 Å². The molecule has 1 atom stereocenters. The number of amides is 1. The molecule has 0 spiro atoms. The fourth-order valence-electron chi connectivity index (χ4n) is 4.87. The summed E-state index contributed by atoms with van der Waals surface area (Å²) < 4.78 is 5.35. The summed E-state index contributed by atoms with van der Waals surface area (Å²) in [7, 11) is 0. The molecule has 0 aliphatic heterocycles. The van der Waals surface area contributed by atoms with Crippen molar-refractivity contribution in [2.75, 3.05) is 11.9 Å². The van der Waals surface area contributed by atoms with Crippen LogP contribution in [-0.2, 0) is 22.4 Å². The first kappa shape index (κ1) is 22.3. The smallest absolute Gasteiger partial charge is 0.341 e. The van der Waals surface area contributed by atoms with Crippen molar-refractivity contribution in [3.8, 4) is 0 Å². The molecular formula is C24H37NO3S. The normalized spacial score (nSPS) is 19.8. The molecule has 0 unspecified atom stereocenters. The largest absolute Gasteiger partial charge is 0.462 e. The van der Waals surface area contributed by atoms with Crippen LogP contribution in [0.4, 0.5) is 5.00 Å². The molecule has 1 aromatic rings. The molecule has 3 rings (SSSR count). The van der Waals surface area contributed by atoms with Crippen LogP contribution in [0.2, 0.25) is 0 Å². The highest BCUT2D eigenvalue weighted by Crippen LogP contribution is 2.45. The standard InChI is InChI=1S/C24H37NO3S/c1-5-24(3,4)17-12-13-18-19(15-17)29-22(21(18)23(27)28-6-2)25-20(26)14-11-16-9-7-8-10-16/h16-17H,5-15H2,1-4H3,(H,25,26)/t17-/m0/s1. The zero-order valence-electron chi connectivity index (χ0n) is 18.6. The Kier molecular flexibility index (Phi) is 7.42. The van der Waals surface area contributed by atoms with E-state index >= 15 is 0 Å². The Balaban J connectivity index is 1.77. The summed E-state index contributed by atoms with van der Waals surface area (Å²) >= 11 is 1.60. The predicted octanol–water partition coefficient (Wildman–Crippen LogP) is 6.37. The van der Waals surface area contributed by atoms with Gasteiger partial charge in [0.2, 0.25) is 5.91 Å². The molecule has 1 saturated carbocycles. The summed E-state index contributed by atoms with van der Waals surface area (Å²) in [5, 5.41) is 3.79. The molecule has 5 heteroatoms. The number of nitrogens with one attached hydrogen (secondary N) is 1. The molecule has 1 fully saturated rings. The van der Waals surface area contributed by atoms with Gasteiger partial charge in [0.05, 0.1) is 12.2 Å². The van der Waals surface area contributed by atoms with Crippen LogP contribution in [0.1, 0.15) is 99.9 Å². The first-order valence-electron chi connectivity index (χ1n) is 11.5. The minimum atomic E-state index is -0.288. The van der Waals surface area contributed by atoms with E-state index in [0.717, 1.165) is 37.7 Å². The predicted molar refractivity (Wildman–Crippen MR) is 120 cm³/mol. The van der Waals surface area contributed by atoms with Crippen LogP contribution in [0.3, 0.4) is 0 Å². The van der Waals surface area contributed by atoms with E-state index in [-0.39, 0.29) is 17.3 Å². The molecule has 0 saturated heterocycles. The van der Waals surface area contributed by atoms with Gasteiger partial charge in [0.1, 0.15) is 5.00 Å². The highest BCUT2D eigenvalue weighted by Gasteiger charge is 2.35. The monoisotopic (exact) mass is 419 g/mol. The van der Waals surface area contributed by atoms with Crippen molar-refractivity contribution in [3.05, 3.63) is 16.0 Å². The lowest BCUT2D eigenvalue weighted by atomic mass is 9.69. The van der Waals surface area contributed by atoms with Gasteiger partial charge in [-0.15, -0.1) is 11.3 Å². The van der Waals surface area contributed by atoms with E-state index in [4.69, 9.17) is 4.74 Å². The van der Waals surface area contributed by atoms with Crippen molar-refractivity contribution in [2.45, 2.75) is 91.9 Å². The zero-order valence-corrected chi connectivity index (χ0v) is 19.4. The second-order valence-electron chi connectivity index (χ2n) is 9.45. The van der Waals surface area contributed by atoms with Crippen LogP contribution >= 0.6 is 11.3 Å². The zero-order chi connectivity index (χ0) is 21.0. The van der Waals surface area contributed by atoms with E-state index in [1.165, 1.54) is 30.6 Å². The van der Waals surface area contributed by atoms with Crippen LogP contribution < -0.4 is 5.32 Å². The van der Waals surface area contributed by atoms with Crippen LogP contribution in [0.5, 0.6) is 0 Å². The summed E-state index contributed by atoms with van der Waals surface area (Å²) in [4.78, 5) is 26.6. The Morgan fingerprint density at radius 2 is 1.90 bits per heavy atom. The highest BCUT2D eigenvalue weighted by molar-refractivity contribution is 7.17. The first-order valence-corrected chi connectivity index (χ1v) is 12.3. The fourth-order valence-corrected chi connectivity index (χ4v) is 6.20. The van der Waals surface area contributed by atoms with Crippen molar-refractivity contribution in [3.63, 3.8) is 0 Å². The quantitative estimate of drug-likeness (QED) is 0.498. The molecule has 4 nitrogen and oxygen atoms in total. The van der Waals surface area contributed by atoms with Gasteiger partial charge in [0.15, 0.2) is 0 Å². The summed E-state index contributed by atoms with van der Waals surface area (Å²) in [5.41, 5.74) is 2.02. The average molecular weight is 420 g/mol. The van der Waals surface area contributed by atoms with Crippen LogP contribution in [0.25, 0.3) is 0 Å². The van der Waals surface area contributed by atoms with Gasteiger partial charge in [-0.25, -0.2) is 4.79 Å². The molecule has 162 valence electrons. The van der Waals surface area contributed by atoms with Crippen molar-refractivity contribution in [2.24, 2.45) is 17.3 Å². The number of anilines is 1.